The summed E-state index contributed by atoms with van der Waals surface area (Å²) in [6.45, 7) is 8.15. The number of amides is 2. The molecule has 2 rings (SSSR count). The summed E-state index contributed by atoms with van der Waals surface area (Å²) in [5.41, 5.74) is 0.778. The van der Waals surface area contributed by atoms with Crippen LogP contribution in [0, 0.1) is 11.3 Å². The average Bonchev–Trinajstić information content (AvgIpc) is 3.15. The Balaban J connectivity index is 2.28. The van der Waals surface area contributed by atoms with E-state index < -0.39 is 0 Å². The van der Waals surface area contributed by atoms with Crippen molar-refractivity contribution in [3.05, 3.63) is 23.8 Å². The number of ether oxygens (including phenoxy) is 3. The topological polar surface area (TPSA) is 77.1 Å². The lowest BCUT2D eigenvalue weighted by Gasteiger charge is -2.23. The molecular formula is C23H36N2O5. The molecule has 0 unspecified atom stereocenters. The van der Waals surface area contributed by atoms with Gasteiger partial charge in [0.2, 0.25) is 11.8 Å². The van der Waals surface area contributed by atoms with Gasteiger partial charge in [0.1, 0.15) is 11.5 Å². The van der Waals surface area contributed by atoms with Crippen molar-refractivity contribution in [3.8, 4) is 11.5 Å². The van der Waals surface area contributed by atoms with E-state index in [9.17, 15) is 9.59 Å². The quantitative estimate of drug-likeness (QED) is 0.622. The van der Waals surface area contributed by atoms with E-state index in [4.69, 9.17) is 14.2 Å². The molecule has 1 aromatic rings. The SMILES string of the molecule is COCCCNC(=O)[C@@H]1CN(C(=O)CC(C)(C)C)C[C@H]1c1cc(OC)ccc1OC. The molecule has 1 saturated heterocycles. The van der Waals surface area contributed by atoms with Crippen LogP contribution in [0.25, 0.3) is 0 Å². The first-order chi connectivity index (χ1) is 14.2. The lowest BCUT2D eigenvalue weighted by Crippen LogP contribution is -2.36. The van der Waals surface area contributed by atoms with Crippen molar-refractivity contribution in [1.29, 1.82) is 0 Å². The van der Waals surface area contributed by atoms with Crippen molar-refractivity contribution in [1.82, 2.24) is 10.2 Å². The van der Waals surface area contributed by atoms with Gasteiger partial charge in [0.05, 0.1) is 20.1 Å². The van der Waals surface area contributed by atoms with Crippen LogP contribution in [-0.2, 0) is 14.3 Å². The minimum atomic E-state index is -0.350. The first-order valence-electron chi connectivity index (χ1n) is 10.5. The Hall–Kier alpha value is -2.28. The molecule has 1 aliphatic rings. The highest BCUT2D eigenvalue weighted by Gasteiger charge is 2.42. The van der Waals surface area contributed by atoms with E-state index in [1.54, 1.807) is 21.3 Å². The zero-order chi connectivity index (χ0) is 22.3. The Morgan fingerprint density at radius 1 is 1.13 bits per heavy atom. The fourth-order valence-electron chi connectivity index (χ4n) is 3.84. The van der Waals surface area contributed by atoms with Crippen molar-refractivity contribution in [3.63, 3.8) is 0 Å². The molecule has 168 valence electrons. The van der Waals surface area contributed by atoms with Crippen molar-refractivity contribution < 1.29 is 23.8 Å². The van der Waals surface area contributed by atoms with Crippen LogP contribution in [0.15, 0.2) is 18.2 Å². The Morgan fingerprint density at radius 2 is 1.87 bits per heavy atom. The molecule has 0 aliphatic carbocycles. The van der Waals surface area contributed by atoms with Crippen LogP contribution < -0.4 is 14.8 Å². The van der Waals surface area contributed by atoms with Crippen LogP contribution in [0.5, 0.6) is 11.5 Å². The number of carbonyl (C=O) groups excluding carboxylic acids is 2. The van der Waals surface area contributed by atoms with Gasteiger partial charge in [-0.3, -0.25) is 9.59 Å². The highest BCUT2D eigenvalue weighted by Crippen LogP contribution is 2.40. The molecule has 1 aliphatic heterocycles. The molecule has 1 heterocycles. The highest BCUT2D eigenvalue weighted by atomic mass is 16.5. The van der Waals surface area contributed by atoms with Gasteiger partial charge >= 0.3 is 0 Å². The molecule has 0 radical (unpaired) electrons. The molecule has 0 aromatic heterocycles. The molecule has 2 atom stereocenters. The molecule has 7 heteroatoms. The number of rotatable bonds is 9. The summed E-state index contributed by atoms with van der Waals surface area (Å²) in [7, 11) is 4.87. The van der Waals surface area contributed by atoms with Gasteiger partial charge in [0.15, 0.2) is 0 Å². The maximum Gasteiger partial charge on any atom is 0.225 e. The Kier molecular flexibility index (Phi) is 8.53. The second-order valence-electron chi connectivity index (χ2n) is 8.99. The van der Waals surface area contributed by atoms with Crippen LogP contribution in [-0.4, -0.2) is 64.3 Å². The third-order valence-electron chi connectivity index (χ3n) is 5.35. The second kappa shape index (κ2) is 10.7. The molecule has 1 aromatic carbocycles. The predicted octanol–water partition coefficient (Wildman–Crippen LogP) is 2.83. The summed E-state index contributed by atoms with van der Waals surface area (Å²) in [5.74, 6) is 0.905. The standard InChI is InChI=1S/C23H36N2O5/c1-23(2,3)13-21(26)25-14-18(17-12-16(29-5)8-9-20(17)30-6)19(15-25)22(27)24-10-7-11-28-4/h8-9,12,18-19H,7,10-11,13-15H2,1-6H3,(H,24,27)/t18-,19+/m0/s1. The fraction of sp³-hybridized carbons (Fsp3) is 0.652. The summed E-state index contributed by atoms with van der Waals surface area (Å²) in [6.07, 6.45) is 1.19. The normalized spacial score (nSPS) is 18.9. The number of nitrogens with one attached hydrogen (secondary N) is 1. The third kappa shape index (κ3) is 6.36. The monoisotopic (exact) mass is 420 g/mol. The summed E-state index contributed by atoms with van der Waals surface area (Å²) >= 11 is 0. The van der Waals surface area contributed by atoms with Crippen LogP contribution in [0.2, 0.25) is 0 Å². The largest absolute Gasteiger partial charge is 0.497 e. The van der Waals surface area contributed by atoms with Gasteiger partial charge in [-0.15, -0.1) is 0 Å². The highest BCUT2D eigenvalue weighted by molar-refractivity contribution is 5.83. The smallest absolute Gasteiger partial charge is 0.225 e. The van der Waals surface area contributed by atoms with Crippen LogP contribution in [0.4, 0.5) is 0 Å². The minimum Gasteiger partial charge on any atom is -0.497 e. The van der Waals surface area contributed by atoms with Crippen molar-refractivity contribution >= 4 is 11.8 Å². The van der Waals surface area contributed by atoms with E-state index in [0.717, 1.165) is 12.0 Å². The van der Waals surface area contributed by atoms with Crippen LogP contribution in [0.1, 0.15) is 45.1 Å². The molecule has 7 nitrogen and oxygen atoms in total. The molecule has 0 saturated carbocycles. The van der Waals surface area contributed by atoms with E-state index in [1.807, 2.05) is 43.9 Å². The number of hydrogen-bond donors (Lipinski definition) is 1. The van der Waals surface area contributed by atoms with Crippen molar-refractivity contribution in [2.45, 2.75) is 39.5 Å². The van der Waals surface area contributed by atoms with E-state index in [1.165, 1.54) is 0 Å². The van der Waals surface area contributed by atoms with Crippen molar-refractivity contribution in [2.24, 2.45) is 11.3 Å². The van der Waals surface area contributed by atoms with E-state index >= 15 is 0 Å². The van der Waals surface area contributed by atoms with Gasteiger partial charge in [-0.2, -0.15) is 0 Å². The van der Waals surface area contributed by atoms with Crippen LogP contribution in [0.3, 0.4) is 0 Å². The average molecular weight is 421 g/mol. The molecule has 1 fully saturated rings. The maximum absolute atomic E-state index is 13.0. The zero-order valence-electron chi connectivity index (χ0n) is 19.1. The van der Waals surface area contributed by atoms with Gasteiger partial charge in [0, 0.05) is 51.3 Å². The van der Waals surface area contributed by atoms with Gasteiger partial charge in [-0.1, -0.05) is 20.8 Å². The second-order valence-corrected chi connectivity index (χ2v) is 8.99. The third-order valence-corrected chi connectivity index (χ3v) is 5.35. The molecular weight excluding hydrogens is 384 g/mol. The summed E-state index contributed by atoms with van der Waals surface area (Å²) in [6, 6.07) is 5.59. The first-order valence-corrected chi connectivity index (χ1v) is 10.5. The van der Waals surface area contributed by atoms with Gasteiger partial charge in [-0.25, -0.2) is 0 Å². The number of methoxy groups -OCH3 is 3. The Bertz CT molecular complexity index is 729. The summed E-state index contributed by atoms with van der Waals surface area (Å²) < 4.78 is 16.0. The summed E-state index contributed by atoms with van der Waals surface area (Å²) in [4.78, 5) is 27.8. The molecule has 2 amide bonds. The maximum atomic E-state index is 13.0. The molecule has 0 bridgehead atoms. The molecule has 0 spiro atoms. The van der Waals surface area contributed by atoms with Crippen LogP contribution >= 0.6 is 0 Å². The van der Waals surface area contributed by atoms with Gasteiger partial charge in [-0.05, 0) is 30.0 Å². The number of likely N-dealkylation sites (tertiary alicyclic amines) is 1. The van der Waals surface area contributed by atoms with E-state index in [2.05, 4.69) is 5.32 Å². The predicted molar refractivity (Wildman–Crippen MR) is 116 cm³/mol. The number of carbonyl (C=O) groups is 2. The minimum absolute atomic E-state index is 0.0490. The van der Waals surface area contributed by atoms with Gasteiger partial charge < -0.3 is 24.4 Å². The Labute approximate surface area is 180 Å². The Morgan fingerprint density at radius 3 is 2.47 bits per heavy atom. The fourth-order valence-corrected chi connectivity index (χ4v) is 3.84. The number of nitrogens with zero attached hydrogens (tertiary/aromatic N) is 1. The number of hydrogen-bond acceptors (Lipinski definition) is 5. The molecule has 30 heavy (non-hydrogen) atoms. The van der Waals surface area contributed by atoms with E-state index in [-0.39, 0.29) is 29.1 Å². The lowest BCUT2D eigenvalue weighted by molar-refractivity contribution is -0.132. The van der Waals surface area contributed by atoms with E-state index in [0.29, 0.717) is 44.2 Å². The summed E-state index contributed by atoms with van der Waals surface area (Å²) in [5, 5.41) is 3.00. The lowest BCUT2D eigenvalue weighted by atomic mass is 9.87. The van der Waals surface area contributed by atoms with Gasteiger partial charge in [0.25, 0.3) is 0 Å². The zero-order valence-corrected chi connectivity index (χ0v) is 19.1. The molecule has 1 N–H and O–H groups in total. The first kappa shape index (κ1) is 24.0. The van der Waals surface area contributed by atoms with Crippen molar-refractivity contribution in [2.75, 3.05) is 47.6 Å². The number of benzene rings is 1.